The van der Waals surface area contributed by atoms with Crippen LogP contribution >= 0.6 is 0 Å². The number of nitrogens with one attached hydrogen (secondary N) is 1. The molecular formula is C10H20N4. The quantitative estimate of drug-likeness (QED) is 0.751. The van der Waals surface area contributed by atoms with Gasteiger partial charge in [0.05, 0.1) is 0 Å². The molecule has 0 amide bonds. The number of aryl methyl sites for hydroxylation is 1. The summed E-state index contributed by atoms with van der Waals surface area (Å²) in [6.45, 7) is 6.21. The van der Waals surface area contributed by atoms with Crippen molar-refractivity contribution in [2.24, 2.45) is 5.73 Å². The maximum absolute atomic E-state index is 5.66. The molecule has 1 aromatic rings. The number of aromatic nitrogens is 3. The number of aromatic amines is 1. The first-order valence-electron chi connectivity index (χ1n) is 5.26. The van der Waals surface area contributed by atoms with Crippen molar-refractivity contribution in [3.8, 4) is 0 Å². The average molecular weight is 196 g/mol. The van der Waals surface area contributed by atoms with Crippen molar-refractivity contribution >= 4 is 0 Å². The fourth-order valence-electron chi connectivity index (χ4n) is 1.27. The molecule has 0 aliphatic heterocycles. The van der Waals surface area contributed by atoms with Crippen LogP contribution in [0.5, 0.6) is 0 Å². The summed E-state index contributed by atoms with van der Waals surface area (Å²) in [6.07, 6.45) is 3.06. The monoisotopic (exact) mass is 196 g/mol. The van der Waals surface area contributed by atoms with Gasteiger partial charge in [0.2, 0.25) is 0 Å². The van der Waals surface area contributed by atoms with Gasteiger partial charge in [-0.05, 0) is 19.8 Å². The van der Waals surface area contributed by atoms with Gasteiger partial charge < -0.3 is 5.73 Å². The zero-order valence-corrected chi connectivity index (χ0v) is 9.25. The number of nitrogens with two attached hydrogens (primary N) is 1. The predicted octanol–water partition coefficient (Wildman–Crippen LogP) is 1.60. The summed E-state index contributed by atoms with van der Waals surface area (Å²) in [5.74, 6) is 2.28. The summed E-state index contributed by atoms with van der Waals surface area (Å²) in [5.41, 5.74) is 5.66. The standard InChI is InChI=1S/C10H20N4/c1-7(2)10-12-9(13-14-10)6-4-5-8(3)11/h7-8H,4-6,11H2,1-3H3,(H,12,13,14). The number of rotatable bonds is 5. The van der Waals surface area contributed by atoms with E-state index in [1.54, 1.807) is 0 Å². The molecule has 0 saturated heterocycles. The van der Waals surface area contributed by atoms with Crippen LogP contribution in [0, 0.1) is 0 Å². The first kappa shape index (κ1) is 11.2. The summed E-state index contributed by atoms with van der Waals surface area (Å²) in [5, 5.41) is 7.10. The van der Waals surface area contributed by atoms with Gasteiger partial charge in [-0.25, -0.2) is 4.98 Å². The second-order valence-corrected chi connectivity index (χ2v) is 4.16. The van der Waals surface area contributed by atoms with E-state index in [-0.39, 0.29) is 6.04 Å². The molecule has 4 heteroatoms. The first-order chi connectivity index (χ1) is 6.59. The summed E-state index contributed by atoms with van der Waals surface area (Å²) >= 11 is 0. The van der Waals surface area contributed by atoms with Crippen LogP contribution in [0.1, 0.15) is 51.2 Å². The average Bonchev–Trinajstić information content (AvgIpc) is 2.52. The molecule has 0 saturated carbocycles. The van der Waals surface area contributed by atoms with Crippen molar-refractivity contribution in [1.82, 2.24) is 15.2 Å². The minimum atomic E-state index is 0.280. The second kappa shape index (κ2) is 5.10. The zero-order valence-electron chi connectivity index (χ0n) is 9.25. The highest BCUT2D eigenvalue weighted by Gasteiger charge is 2.06. The van der Waals surface area contributed by atoms with Gasteiger partial charge in [0.25, 0.3) is 0 Å². The molecule has 0 bridgehead atoms. The third-order valence-electron chi connectivity index (χ3n) is 2.14. The third kappa shape index (κ3) is 3.46. The minimum Gasteiger partial charge on any atom is -0.328 e. The van der Waals surface area contributed by atoms with Gasteiger partial charge in [-0.1, -0.05) is 13.8 Å². The van der Waals surface area contributed by atoms with Gasteiger partial charge in [0.15, 0.2) is 5.82 Å². The van der Waals surface area contributed by atoms with Gasteiger partial charge in [-0.2, -0.15) is 5.10 Å². The lowest BCUT2D eigenvalue weighted by atomic mass is 10.1. The Kier molecular flexibility index (Phi) is 4.07. The highest BCUT2D eigenvalue weighted by molar-refractivity contribution is 4.94. The van der Waals surface area contributed by atoms with E-state index in [9.17, 15) is 0 Å². The fourth-order valence-corrected chi connectivity index (χ4v) is 1.27. The molecule has 0 aliphatic carbocycles. The number of nitrogens with zero attached hydrogens (tertiary/aromatic N) is 2. The van der Waals surface area contributed by atoms with Crippen molar-refractivity contribution in [1.29, 1.82) is 0 Å². The van der Waals surface area contributed by atoms with Crippen LogP contribution in [0.4, 0.5) is 0 Å². The van der Waals surface area contributed by atoms with Crippen LogP contribution in [-0.2, 0) is 6.42 Å². The van der Waals surface area contributed by atoms with Gasteiger partial charge in [-0.15, -0.1) is 0 Å². The van der Waals surface area contributed by atoms with E-state index in [0.717, 1.165) is 30.9 Å². The molecule has 0 fully saturated rings. The Morgan fingerprint density at radius 3 is 2.57 bits per heavy atom. The highest BCUT2D eigenvalue weighted by atomic mass is 15.2. The van der Waals surface area contributed by atoms with Gasteiger partial charge in [-0.3, -0.25) is 5.10 Å². The maximum atomic E-state index is 5.66. The van der Waals surface area contributed by atoms with E-state index in [1.807, 2.05) is 6.92 Å². The van der Waals surface area contributed by atoms with Gasteiger partial charge in [0.1, 0.15) is 5.82 Å². The molecule has 4 nitrogen and oxygen atoms in total. The molecule has 14 heavy (non-hydrogen) atoms. The smallest absolute Gasteiger partial charge is 0.153 e. The van der Waals surface area contributed by atoms with Crippen molar-refractivity contribution in [3.63, 3.8) is 0 Å². The van der Waals surface area contributed by atoms with Crippen molar-refractivity contribution in [2.75, 3.05) is 0 Å². The van der Waals surface area contributed by atoms with Crippen molar-refractivity contribution in [2.45, 2.75) is 52.0 Å². The molecule has 0 radical (unpaired) electrons. The summed E-state index contributed by atoms with van der Waals surface area (Å²) in [4.78, 5) is 4.40. The third-order valence-corrected chi connectivity index (χ3v) is 2.14. The molecule has 1 atom stereocenters. The predicted molar refractivity (Wildman–Crippen MR) is 57.1 cm³/mol. The van der Waals surface area contributed by atoms with E-state index in [2.05, 4.69) is 29.0 Å². The van der Waals surface area contributed by atoms with E-state index in [1.165, 1.54) is 0 Å². The lowest BCUT2D eigenvalue weighted by Gasteiger charge is -2.01. The topological polar surface area (TPSA) is 67.6 Å². The number of H-pyrrole nitrogens is 1. The minimum absolute atomic E-state index is 0.280. The molecule has 3 N–H and O–H groups in total. The lowest BCUT2D eigenvalue weighted by molar-refractivity contribution is 0.614. The fraction of sp³-hybridized carbons (Fsp3) is 0.800. The lowest BCUT2D eigenvalue weighted by Crippen LogP contribution is -2.14. The van der Waals surface area contributed by atoms with Crippen LogP contribution < -0.4 is 5.73 Å². The van der Waals surface area contributed by atoms with Crippen LogP contribution in [0.2, 0.25) is 0 Å². The SMILES string of the molecule is CC(N)CCCc1nc(C(C)C)n[nH]1. The Labute approximate surface area is 85.3 Å². The molecule has 1 aromatic heterocycles. The van der Waals surface area contributed by atoms with Gasteiger partial charge in [0, 0.05) is 18.4 Å². The molecule has 0 aliphatic rings. The zero-order chi connectivity index (χ0) is 10.6. The molecule has 0 aromatic carbocycles. The Balaban J connectivity index is 2.36. The van der Waals surface area contributed by atoms with E-state index >= 15 is 0 Å². The Morgan fingerprint density at radius 2 is 2.07 bits per heavy atom. The summed E-state index contributed by atoms with van der Waals surface area (Å²) in [6, 6.07) is 0.280. The molecule has 1 rings (SSSR count). The molecule has 80 valence electrons. The number of hydrogen-bond donors (Lipinski definition) is 2. The van der Waals surface area contributed by atoms with E-state index in [0.29, 0.717) is 5.92 Å². The van der Waals surface area contributed by atoms with Crippen LogP contribution in [0.25, 0.3) is 0 Å². The van der Waals surface area contributed by atoms with Crippen LogP contribution in [0.3, 0.4) is 0 Å². The Morgan fingerprint density at radius 1 is 1.36 bits per heavy atom. The largest absolute Gasteiger partial charge is 0.328 e. The van der Waals surface area contributed by atoms with Crippen LogP contribution in [-0.4, -0.2) is 21.2 Å². The number of hydrogen-bond acceptors (Lipinski definition) is 3. The first-order valence-corrected chi connectivity index (χ1v) is 5.26. The Bertz CT molecular complexity index is 265. The second-order valence-electron chi connectivity index (χ2n) is 4.16. The van der Waals surface area contributed by atoms with E-state index < -0.39 is 0 Å². The molecule has 0 spiro atoms. The van der Waals surface area contributed by atoms with E-state index in [4.69, 9.17) is 5.73 Å². The van der Waals surface area contributed by atoms with Gasteiger partial charge >= 0.3 is 0 Å². The summed E-state index contributed by atoms with van der Waals surface area (Å²) in [7, 11) is 0. The molecule has 1 unspecified atom stereocenters. The summed E-state index contributed by atoms with van der Waals surface area (Å²) < 4.78 is 0. The molecular weight excluding hydrogens is 176 g/mol. The maximum Gasteiger partial charge on any atom is 0.153 e. The normalized spacial score (nSPS) is 13.5. The highest BCUT2D eigenvalue weighted by Crippen LogP contribution is 2.09. The Hall–Kier alpha value is -0.900. The van der Waals surface area contributed by atoms with Crippen molar-refractivity contribution in [3.05, 3.63) is 11.6 Å². The molecule has 1 heterocycles. The van der Waals surface area contributed by atoms with Crippen molar-refractivity contribution < 1.29 is 0 Å². The van der Waals surface area contributed by atoms with Crippen LogP contribution in [0.15, 0.2) is 0 Å².